The predicted octanol–water partition coefficient (Wildman–Crippen LogP) is 0.166. The van der Waals surface area contributed by atoms with Crippen LogP contribution in [0.2, 0.25) is 0 Å². The van der Waals surface area contributed by atoms with E-state index in [1.165, 1.54) is 0 Å². The zero-order valence-electron chi connectivity index (χ0n) is 7.71. The molecule has 3 heterocycles. The van der Waals surface area contributed by atoms with E-state index in [1.54, 1.807) is 6.20 Å². The lowest BCUT2D eigenvalue weighted by molar-refractivity contribution is -0.128. The molecule has 1 saturated heterocycles. The Bertz CT molecular complexity index is 398. The van der Waals surface area contributed by atoms with Crippen molar-refractivity contribution in [2.75, 3.05) is 18.4 Å². The van der Waals surface area contributed by atoms with Gasteiger partial charge in [0.25, 0.3) is 0 Å². The van der Waals surface area contributed by atoms with Crippen LogP contribution in [0.15, 0.2) is 18.3 Å². The van der Waals surface area contributed by atoms with Crippen LogP contribution in [0.1, 0.15) is 5.56 Å². The Balaban J connectivity index is 2.03. The highest BCUT2D eigenvalue weighted by atomic mass is 16.2. The molecule has 3 rings (SSSR count). The fourth-order valence-corrected chi connectivity index (χ4v) is 2.09. The van der Waals surface area contributed by atoms with E-state index in [9.17, 15) is 4.79 Å². The molecule has 14 heavy (non-hydrogen) atoms. The van der Waals surface area contributed by atoms with Gasteiger partial charge in [-0.25, -0.2) is 4.98 Å². The second kappa shape index (κ2) is 2.54. The van der Waals surface area contributed by atoms with Crippen molar-refractivity contribution in [2.24, 2.45) is 5.41 Å². The van der Waals surface area contributed by atoms with Gasteiger partial charge in [0.05, 0.1) is 5.41 Å². The molecule has 0 radical (unpaired) electrons. The van der Waals surface area contributed by atoms with Gasteiger partial charge < -0.3 is 10.6 Å². The van der Waals surface area contributed by atoms with Crippen LogP contribution >= 0.6 is 0 Å². The molecule has 1 spiro atoms. The first-order valence-electron chi connectivity index (χ1n) is 4.76. The molecule has 1 aromatic heterocycles. The molecule has 2 aliphatic rings. The molecule has 1 aromatic rings. The number of rotatable bonds is 0. The standard InChI is InChI=1S/C10H11N3O/c14-9-10(5-11-6-10)4-7-2-1-3-12-8(7)13-9/h1-3,11H,4-6H2,(H,12,13,14). The minimum absolute atomic E-state index is 0.113. The van der Waals surface area contributed by atoms with Crippen LogP contribution in [0, 0.1) is 5.41 Å². The van der Waals surface area contributed by atoms with E-state index in [0.29, 0.717) is 0 Å². The Morgan fingerprint density at radius 2 is 2.29 bits per heavy atom. The van der Waals surface area contributed by atoms with Crippen LogP contribution < -0.4 is 10.6 Å². The maximum Gasteiger partial charge on any atom is 0.234 e. The third kappa shape index (κ3) is 0.915. The van der Waals surface area contributed by atoms with Crippen molar-refractivity contribution in [1.82, 2.24) is 10.3 Å². The van der Waals surface area contributed by atoms with Crippen molar-refractivity contribution < 1.29 is 4.79 Å². The summed E-state index contributed by atoms with van der Waals surface area (Å²) in [5, 5.41) is 6.01. The lowest BCUT2D eigenvalue weighted by atomic mass is 9.74. The van der Waals surface area contributed by atoms with Crippen LogP contribution in [0.5, 0.6) is 0 Å². The largest absolute Gasteiger partial charge is 0.314 e. The molecule has 0 atom stereocenters. The minimum atomic E-state index is -0.198. The second-order valence-corrected chi connectivity index (χ2v) is 4.03. The third-order valence-electron chi connectivity index (χ3n) is 3.06. The highest BCUT2D eigenvalue weighted by Gasteiger charge is 2.47. The number of hydrogen-bond acceptors (Lipinski definition) is 3. The number of nitrogens with one attached hydrogen (secondary N) is 2. The number of aromatic nitrogens is 1. The Hall–Kier alpha value is -1.42. The number of carbonyl (C=O) groups is 1. The van der Waals surface area contributed by atoms with E-state index in [1.807, 2.05) is 12.1 Å². The van der Waals surface area contributed by atoms with Gasteiger partial charge in [-0.3, -0.25) is 4.79 Å². The van der Waals surface area contributed by atoms with Gasteiger partial charge in [0, 0.05) is 19.3 Å². The van der Waals surface area contributed by atoms with Gasteiger partial charge in [-0.15, -0.1) is 0 Å². The zero-order valence-corrected chi connectivity index (χ0v) is 7.71. The molecule has 1 fully saturated rings. The van der Waals surface area contributed by atoms with E-state index in [2.05, 4.69) is 15.6 Å². The van der Waals surface area contributed by atoms with Crippen molar-refractivity contribution in [3.8, 4) is 0 Å². The van der Waals surface area contributed by atoms with Crippen LogP contribution in [-0.2, 0) is 11.2 Å². The Labute approximate surface area is 81.7 Å². The van der Waals surface area contributed by atoms with E-state index < -0.39 is 0 Å². The van der Waals surface area contributed by atoms with Gasteiger partial charge in [-0.1, -0.05) is 6.07 Å². The van der Waals surface area contributed by atoms with Gasteiger partial charge in [0.15, 0.2) is 0 Å². The molecule has 0 bridgehead atoms. The normalized spacial score (nSPS) is 22.4. The van der Waals surface area contributed by atoms with Crippen molar-refractivity contribution in [1.29, 1.82) is 0 Å². The molecule has 2 aliphatic heterocycles. The van der Waals surface area contributed by atoms with Crippen molar-refractivity contribution in [3.05, 3.63) is 23.9 Å². The first-order valence-corrected chi connectivity index (χ1v) is 4.76. The number of nitrogens with zero attached hydrogens (tertiary/aromatic N) is 1. The quantitative estimate of drug-likeness (QED) is 0.611. The predicted molar refractivity (Wildman–Crippen MR) is 51.9 cm³/mol. The number of amides is 1. The molecular weight excluding hydrogens is 178 g/mol. The van der Waals surface area contributed by atoms with Crippen LogP contribution in [-0.4, -0.2) is 24.0 Å². The Morgan fingerprint density at radius 3 is 3.00 bits per heavy atom. The number of fused-ring (bicyclic) bond motifs is 1. The lowest BCUT2D eigenvalue weighted by Crippen LogP contribution is -2.62. The summed E-state index contributed by atoms with van der Waals surface area (Å²) >= 11 is 0. The summed E-state index contributed by atoms with van der Waals surface area (Å²) in [4.78, 5) is 15.9. The lowest BCUT2D eigenvalue weighted by Gasteiger charge is -2.43. The first kappa shape index (κ1) is 7.94. The van der Waals surface area contributed by atoms with E-state index >= 15 is 0 Å². The van der Waals surface area contributed by atoms with Crippen molar-refractivity contribution in [3.63, 3.8) is 0 Å². The van der Waals surface area contributed by atoms with Crippen LogP contribution in [0.4, 0.5) is 5.82 Å². The van der Waals surface area contributed by atoms with Gasteiger partial charge in [-0.2, -0.15) is 0 Å². The fraction of sp³-hybridized carbons (Fsp3) is 0.400. The maximum absolute atomic E-state index is 11.8. The summed E-state index contributed by atoms with van der Waals surface area (Å²) in [5.74, 6) is 0.845. The smallest absolute Gasteiger partial charge is 0.234 e. The van der Waals surface area contributed by atoms with Gasteiger partial charge in [0.2, 0.25) is 5.91 Å². The number of hydrogen-bond donors (Lipinski definition) is 2. The summed E-state index contributed by atoms with van der Waals surface area (Å²) < 4.78 is 0. The van der Waals surface area contributed by atoms with E-state index in [4.69, 9.17) is 0 Å². The SMILES string of the molecule is O=C1Nc2ncccc2CC12CNC2. The highest BCUT2D eigenvalue weighted by molar-refractivity contribution is 5.98. The van der Waals surface area contributed by atoms with Gasteiger partial charge >= 0.3 is 0 Å². The van der Waals surface area contributed by atoms with Crippen molar-refractivity contribution in [2.45, 2.75) is 6.42 Å². The molecule has 0 aliphatic carbocycles. The highest BCUT2D eigenvalue weighted by Crippen LogP contribution is 2.35. The fourth-order valence-electron chi connectivity index (χ4n) is 2.09. The summed E-state index contributed by atoms with van der Waals surface area (Å²) in [6.07, 6.45) is 2.52. The number of carbonyl (C=O) groups excluding carboxylic acids is 1. The summed E-state index contributed by atoms with van der Waals surface area (Å²) in [7, 11) is 0. The average Bonchev–Trinajstić information content (AvgIpc) is 2.14. The topological polar surface area (TPSA) is 54.0 Å². The summed E-state index contributed by atoms with van der Waals surface area (Å²) in [6, 6.07) is 3.94. The molecular formula is C10H11N3O. The summed E-state index contributed by atoms with van der Waals surface area (Å²) in [5.41, 5.74) is 0.948. The molecule has 4 heteroatoms. The molecule has 2 N–H and O–H groups in total. The van der Waals surface area contributed by atoms with Crippen molar-refractivity contribution >= 4 is 11.7 Å². The van der Waals surface area contributed by atoms with Gasteiger partial charge in [0.1, 0.15) is 5.82 Å². The maximum atomic E-state index is 11.8. The van der Waals surface area contributed by atoms with E-state index in [-0.39, 0.29) is 11.3 Å². The van der Waals surface area contributed by atoms with Gasteiger partial charge in [-0.05, 0) is 18.1 Å². The Morgan fingerprint density at radius 1 is 1.43 bits per heavy atom. The minimum Gasteiger partial charge on any atom is -0.314 e. The third-order valence-corrected chi connectivity index (χ3v) is 3.06. The molecule has 72 valence electrons. The zero-order chi connectivity index (χ0) is 9.60. The summed E-state index contributed by atoms with van der Waals surface area (Å²) in [6.45, 7) is 1.57. The van der Waals surface area contributed by atoms with Crippen LogP contribution in [0.3, 0.4) is 0 Å². The molecule has 0 aromatic carbocycles. The molecule has 0 saturated carbocycles. The Kier molecular flexibility index (Phi) is 1.44. The molecule has 0 unspecified atom stereocenters. The number of pyridine rings is 1. The van der Waals surface area contributed by atoms with Crippen LogP contribution in [0.25, 0.3) is 0 Å². The number of anilines is 1. The monoisotopic (exact) mass is 189 g/mol. The molecule has 4 nitrogen and oxygen atoms in total. The first-order chi connectivity index (χ1) is 6.80. The van der Waals surface area contributed by atoms with E-state index in [0.717, 1.165) is 30.9 Å². The average molecular weight is 189 g/mol. The molecule has 1 amide bonds. The second-order valence-electron chi connectivity index (χ2n) is 4.03.